The van der Waals surface area contributed by atoms with Gasteiger partial charge in [-0.05, 0) is 61.4 Å². The van der Waals surface area contributed by atoms with Crippen LogP contribution in [-0.4, -0.2) is 0 Å². The molecule has 0 saturated carbocycles. The Morgan fingerprint density at radius 3 is 1.97 bits per heavy atom. The molecule has 0 aliphatic rings. The zero-order valence-corrected chi connectivity index (χ0v) is 16.4. The molecule has 0 aromatic heterocycles. The molecule has 0 amide bonds. The van der Waals surface area contributed by atoms with Gasteiger partial charge in [0.2, 0.25) is 0 Å². The van der Waals surface area contributed by atoms with Gasteiger partial charge in [-0.2, -0.15) is 15.3 Å². The van der Waals surface area contributed by atoms with Gasteiger partial charge in [-0.15, -0.1) is 5.11 Å². The molecule has 0 atom stereocenters. The number of benzene rings is 4. The van der Waals surface area contributed by atoms with Crippen LogP contribution in [0.3, 0.4) is 0 Å². The van der Waals surface area contributed by atoms with Crippen molar-refractivity contribution in [2.75, 3.05) is 5.73 Å². The summed E-state index contributed by atoms with van der Waals surface area (Å²) in [7, 11) is 0. The predicted molar refractivity (Wildman–Crippen MR) is 119 cm³/mol. The third-order valence-electron chi connectivity index (χ3n) is 4.77. The maximum absolute atomic E-state index is 6.06. The third-order valence-corrected chi connectivity index (χ3v) is 4.77. The van der Waals surface area contributed by atoms with Gasteiger partial charge in [-0.1, -0.05) is 42.5 Å². The summed E-state index contributed by atoms with van der Waals surface area (Å²) < 4.78 is 0. The standard InChI is InChI=1S/C24H21N5/c1-16-7-3-6-10-22(16)27-26-18-11-13-23(17(2)15-18)28-29-24-14-12-21(25)19-8-4-5-9-20(19)24/h3-15H,25H2,1-2H3. The first-order valence-electron chi connectivity index (χ1n) is 9.39. The van der Waals surface area contributed by atoms with Crippen molar-refractivity contribution in [3.8, 4) is 0 Å². The minimum atomic E-state index is 0.735. The number of nitrogens with two attached hydrogens (primary N) is 1. The summed E-state index contributed by atoms with van der Waals surface area (Å²) in [4.78, 5) is 0. The molecule has 5 nitrogen and oxygen atoms in total. The third kappa shape index (κ3) is 4.04. The van der Waals surface area contributed by atoms with Crippen molar-refractivity contribution in [2.45, 2.75) is 13.8 Å². The predicted octanol–water partition coefficient (Wildman–Crippen LogP) is 7.87. The van der Waals surface area contributed by atoms with Crippen molar-refractivity contribution >= 4 is 39.2 Å². The molecule has 0 bridgehead atoms. The number of fused-ring (bicyclic) bond motifs is 1. The van der Waals surface area contributed by atoms with Crippen molar-refractivity contribution in [2.24, 2.45) is 20.5 Å². The second kappa shape index (κ2) is 8.02. The fourth-order valence-corrected chi connectivity index (χ4v) is 3.10. The summed E-state index contributed by atoms with van der Waals surface area (Å²) in [6.07, 6.45) is 0. The molecular formula is C24H21N5. The number of azo groups is 2. The average molecular weight is 379 g/mol. The second-order valence-corrected chi connectivity index (χ2v) is 6.88. The Kier molecular flexibility index (Phi) is 5.12. The van der Waals surface area contributed by atoms with E-state index in [9.17, 15) is 0 Å². The van der Waals surface area contributed by atoms with E-state index in [0.29, 0.717) is 0 Å². The molecule has 4 aromatic rings. The molecule has 5 heteroatoms. The quantitative estimate of drug-likeness (QED) is 0.284. The molecule has 4 aromatic carbocycles. The van der Waals surface area contributed by atoms with E-state index >= 15 is 0 Å². The fourth-order valence-electron chi connectivity index (χ4n) is 3.10. The SMILES string of the molecule is Cc1ccccc1N=Nc1ccc(N=Nc2ccc(N)c3ccccc23)c(C)c1. The smallest absolute Gasteiger partial charge is 0.0936 e. The summed E-state index contributed by atoms with van der Waals surface area (Å²) in [6, 6.07) is 25.3. The molecule has 142 valence electrons. The number of aryl methyl sites for hydroxylation is 2. The van der Waals surface area contributed by atoms with E-state index in [1.54, 1.807) is 0 Å². The van der Waals surface area contributed by atoms with Crippen LogP contribution in [0, 0.1) is 13.8 Å². The molecule has 0 heterocycles. The van der Waals surface area contributed by atoms with Crippen LogP contribution in [0.25, 0.3) is 10.8 Å². The van der Waals surface area contributed by atoms with Crippen molar-refractivity contribution < 1.29 is 0 Å². The highest BCUT2D eigenvalue weighted by atomic mass is 15.1. The van der Waals surface area contributed by atoms with Crippen LogP contribution in [0.1, 0.15) is 11.1 Å². The van der Waals surface area contributed by atoms with Gasteiger partial charge in [0.25, 0.3) is 0 Å². The summed E-state index contributed by atoms with van der Waals surface area (Å²) >= 11 is 0. The highest BCUT2D eigenvalue weighted by Crippen LogP contribution is 2.32. The zero-order chi connectivity index (χ0) is 20.2. The van der Waals surface area contributed by atoms with Crippen molar-refractivity contribution in [1.82, 2.24) is 0 Å². The number of nitrogen functional groups attached to an aromatic ring is 1. The molecule has 0 spiro atoms. The first-order chi connectivity index (χ1) is 14.1. The summed E-state index contributed by atoms with van der Waals surface area (Å²) in [5.41, 5.74) is 12.1. The van der Waals surface area contributed by atoms with Gasteiger partial charge >= 0.3 is 0 Å². The van der Waals surface area contributed by atoms with Crippen LogP contribution < -0.4 is 5.73 Å². The number of hydrogen-bond acceptors (Lipinski definition) is 5. The van der Waals surface area contributed by atoms with Gasteiger partial charge < -0.3 is 5.73 Å². The molecule has 4 rings (SSSR count). The molecule has 0 fully saturated rings. The lowest BCUT2D eigenvalue weighted by molar-refractivity contribution is 1.19. The van der Waals surface area contributed by atoms with Gasteiger partial charge in [0.15, 0.2) is 0 Å². The summed E-state index contributed by atoms with van der Waals surface area (Å²) in [5, 5.41) is 19.6. The van der Waals surface area contributed by atoms with Crippen LogP contribution in [0.2, 0.25) is 0 Å². The van der Waals surface area contributed by atoms with Crippen molar-refractivity contribution in [1.29, 1.82) is 0 Å². The molecule has 0 saturated heterocycles. The Bertz CT molecular complexity index is 1240. The van der Waals surface area contributed by atoms with Gasteiger partial charge in [0.05, 0.1) is 22.7 Å². The number of anilines is 1. The molecule has 29 heavy (non-hydrogen) atoms. The fraction of sp³-hybridized carbons (Fsp3) is 0.0833. The van der Waals surface area contributed by atoms with E-state index in [2.05, 4.69) is 20.5 Å². The highest BCUT2D eigenvalue weighted by molar-refractivity contribution is 5.99. The van der Waals surface area contributed by atoms with Crippen LogP contribution in [0.15, 0.2) is 99.3 Å². The maximum Gasteiger partial charge on any atom is 0.0936 e. The van der Waals surface area contributed by atoms with Gasteiger partial charge in [-0.3, -0.25) is 0 Å². The first-order valence-corrected chi connectivity index (χ1v) is 9.39. The number of rotatable bonds is 4. The minimum Gasteiger partial charge on any atom is -0.398 e. The molecule has 0 aliphatic heterocycles. The van der Waals surface area contributed by atoms with Crippen LogP contribution in [0.5, 0.6) is 0 Å². The molecule has 2 N–H and O–H groups in total. The van der Waals surface area contributed by atoms with Crippen LogP contribution >= 0.6 is 0 Å². The van der Waals surface area contributed by atoms with E-state index in [0.717, 1.165) is 50.3 Å². The zero-order valence-electron chi connectivity index (χ0n) is 16.4. The normalized spacial score (nSPS) is 11.7. The van der Waals surface area contributed by atoms with Gasteiger partial charge in [0.1, 0.15) is 0 Å². The highest BCUT2D eigenvalue weighted by Gasteiger charge is 2.04. The van der Waals surface area contributed by atoms with Crippen molar-refractivity contribution in [3.05, 3.63) is 90.0 Å². The topological polar surface area (TPSA) is 75.5 Å². The van der Waals surface area contributed by atoms with Crippen LogP contribution in [-0.2, 0) is 0 Å². The van der Waals surface area contributed by atoms with Gasteiger partial charge in [0, 0.05) is 16.5 Å². The number of nitrogens with zero attached hydrogens (tertiary/aromatic N) is 4. The molecular weight excluding hydrogens is 358 g/mol. The molecule has 0 radical (unpaired) electrons. The lowest BCUT2D eigenvalue weighted by atomic mass is 10.1. The average Bonchev–Trinajstić information content (AvgIpc) is 2.74. The number of hydrogen-bond donors (Lipinski definition) is 1. The van der Waals surface area contributed by atoms with Gasteiger partial charge in [-0.25, -0.2) is 0 Å². The summed E-state index contributed by atoms with van der Waals surface area (Å²) in [5.74, 6) is 0. The first kappa shape index (κ1) is 18.5. The second-order valence-electron chi connectivity index (χ2n) is 6.88. The minimum absolute atomic E-state index is 0.735. The summed E-state index contributed by atoms with van der Waals surface area (Å²) in [6.45, 7) is 4.01. The lowest BCUT2D eigenvalue weighted by Crippen LogP contribution is -1.86. The van der Waals surface area contributed by atoms with Crippen LogP contribution in [0.4, 0.5) is 28.4 Å². The lowest BCUT2D eigenvalue weighted by Gasteiger charge is -2.05. The largest absolute Gasteiger partial charge is 0.398 e. The molecule has 0 aliphatic carbocycles. The Morgan fingerprint density at radius 1 is 0.552 bits per heavy atom. The van der Waals surface area contributed by atoms with E-state index in [1.807, 2.05) is 92.7 Å². The Morgan fingerprint density at radius 2 is 1.17 bits per heavy atom. The maximum atomic E-state index is 6.06. The molecule has 0 unspecified atom stereocenters. The van der Waals surface area contributed by atoms with E-state index in [1.165, 1.54) is 0 Å². The van der Waals surface area contributed by atoms with E-state index in [-0.39, 0.29) is 0 Å². The van der Waals surface area contributed by atoms with Crippen molar-refractivity contribution in [3.63, 3.8) is 0 Å². The van der Waals surface area contributed by atoms with E-state index in [4.69, 9.17) is 5.73 Å². The Labute approximate surface area is 169 Å². The Balaban J connectivity index is 1.59. The monoisotopic (exact) mass is 379 g/mol. The Hall–Kier alpha value is -3.86. The van der Waals surface area contributed by atoms with E-state index < -0.39 is 0 Å².